The molecule has 0 heterocycles. The van der Waals surface area contributed by atoms with Crippen LogP contribution in [0.2, 0.25) is 0 Å². The summed E-state index contributed by atoms with van der Waals surface area (Å²) in [4.78, 5) is 10.6. The lowest BCUT2D eigenvalue weighted by molar-refractivity contribution is 0.112. The first-order chi connectivity index (χ1) is 6.31. The van der Waals surface area contributed by atoms with Crippen LogP contribution in [0, 0.1) is 0 Å². The van der Waals surface area contributed by atoms with Crippen molar-refractivity contribution in [1.29, 1.82) is 0 Å². The van der Waals surface area contributed by atoms with Crippen molar-refractivity contribution in [2.75, 3.05) is 0 Å². The first-order valence-corrected chi connectivity index (χ1v) is 4.05. The fourth-order valence-electron chi connectivity index (χ4n) is 1.38. The minimum absolute atomic E-state index is 0.536. The van der Waals surface area contributed by atoms with Crippen LogP contribution >= 0.6 is 0 Å². The van der Waals surface area contributed by atoms with Crippen molar-refractivity contribution in [1.82, 2.24) is 0 Å². The summed E-state index contributed by atoms with van der Waals surface area (Å²) in [6.07, 6.45) is 0.780. The lowest BCUT2D eigenvalue weighted by atomic mass is 9.88. The molecule has 0 aliphatic carbocycles. The maximum absolute atomic E-state index is 10.6. The Labute approximate surface area is 77.8 Å². The maximum atomic E-state index is 10.6. The van der Waals surface area contributed by atoms with Crippen LogP contribution in [0.4, 0.5) is 0 Å². The third-order valence-electron chi connectivity index (χ3n) is 2.08. The fourth-order valence-corrected chi connectivity index (χ4v) is 1.38. The van der Waals surface area contributed by atoms with Crippen molar-refractivity contribution in [3.63, 3.8) is 0 Å². The van der Waals surface area contributed by atoms with E-state index in [0.29, 0.717) is 11.0 Å². The zero-order valence-electron chi connectivity index (χ0n) is 7.03. The van der Waals surface area contributed by atoms with Gasteiger partial charge in [-0.25, -0.2) is 0 Å². The van der Waals surface area contributed by atoms with Crippen LogP contribution in [0.1, 0.15) is 10.4 Å². The van der Waals surface area contributed by atoms with Gasteiger partial charge in [0.1, 0.15) is 14.1 Å². The summed E-state index contributed by atoms with van der Waals surface area (Å²) in [7, 11) is 5.67. The molecule has 0 spiro atoms. The normalized spacial score (nSPS) is 10.2. The van der Waals surface area contributed by atoms with Crippen LogP contribution in [-0.2, 0) is 0 Å². The van der Waals surface area contributed by atoms with E-state index in [2.05, 4.69) is 0 Å². The molecular formula is C11H7BO. The molecule has 0 bridgehead atoms. The van der Waals surface area contributed by atoms with Gasteiger partial charge in [-0.1, -0.05) is 35.8 Å². The summed E-state index contributed by atoms with van der Waals surface area (Å²) < 4.78 is 0. The minimum atomic E-state index is 0.536. The highest BCUT2D eigenvalue weighted by molar-refractivity contribution is 6.36. The Morgan fingerprint density at radius 3 is 2.31 bits per heavy atom. The van der Waals surface area contributed by atoms with E-state index in [4.69, 9.17) is 7.85 Å². The second-order valence-electron chi connectivity index (χ2n) is 2.95. The van der Waals surface area contributed by atoms with Crippen molar-refractivity contribution in [2.24, 2.45) is 0 Å². The third-order valence-corrected chi connectivity index (χ3v) is 2.08. The molecule has 13 heavy (non-hydrogen) atoms. The van der Waals surface area contributed by atoms with Crippen LogP contribution < -0.4 is 5.46 Å². The lowest BCUT2D eigenvalue weighted by Crippen LogP contribution is -2.08. The van der Waals surface area contributed by atoms with Gasteiger partial charge in [0.2, 0.25) is 0 Å². The average Bonchev–Trinajstić information content (AvgIpc) is 2.17. The molecule has 0 atom stereocenters. The monoisotopic (exact) mass is 166 g/mol. The SMILES string of the molecule is [B]c1cc2ccccc2cc1C=O. The van der Waals surface area contributed by atoms with Gasteiger partial charge in [-0.05, 0) is 16.8 Å². The Morgan fingerprint density at radius 2 is 1.69 bits per heavy atom. The van der Waals surface area contributed by atoms with E-state index in [-0.39, 0.29) is 0 Å². The van der Waals surface area contributed by atoms with E-state index in [1.165, 1.54) is 0 Å². The van der Waals surface area contributed by atoms with E-state index in [1.54, 1.807) is 6.07 Å². The van der Waals surface area contributed by atoms with Gasteiger partial charge in [0.25, 0.3) is 0 Å². The van der Waals surface area contributed by atoms with Crippen LogP contribution in [0.25, 0.3) is 10.8 Å². The average molecular weight is 166 g/mol. The summed E-state index contributed by atoms with van der Waals surface area (Å²) in [6.45, 7) is 0. The van der Waals surface area contributed by atoms with E-state index >= 15 is 0 Å². The highest BCUT2D eigenvalue weighted by atomic mass is 16.1. The minimum Gasteiger partial charge on any atom is -0.298 e. The summed E-state index contributed by atoms with van der Waals surface area (Å²) in [5, 5.41) is 2.10. The number of benzene rings is 2. The quantitative estimate of drug-likeness (QED) is 0.462. The van der Waals surface area contributed by atoms with Gasteiger partial charge >= 0.3 is 0 Å². The Hall–Kier alpha value is -1.57. The molecule has 2 aromatic rings. The topological polar surface area (TPSA) is 17.1 Å². The molecule has 2 radical (unpaired) electrons. The van der Waals surface area contributed by atoms with Gasteiger partial charge in [0, 0.05) is 5.56 Å². The molecule has 0 saturated heterocycles. The first kappa shape index (κ1) is 8.05. The zero-order valence-corrected chi connectivity index (χ0v) is 7.03. The number of hydrogen-bond donors (Lipinski definition) is 0. The highest BCUT2D eigenvalue weighted by Crippen LogP contribution is 2.12. The first-order valence-electron chi connectivity index (χ1n) is 4.05. The van der Waals surface area contributed by atoms with Crippen molar-refractivity contribution in [2.45, 2.75) is 0 Å². The molecule has 0 amide bonds. The number of aldehydes is 1. The number of hydrogen-bond acceptors (Lipinski definition) is 1. The molecule has 2 heteroatoms. The second kappa shape index (κ2) is 3.06. The number of carbonyl (C=O) groups excluding carboxylic acids is 1. The molecule has 2 aromatic carbocycles. The Balaban J connectivity index is 2.81. The molecule has 60 valence electrons. The summed E-state index contributed by atoms with van der Waals surface area (Å²) in [5.74, 6) is 0. The molecule has 0 unspecified atom stereocenters. The van der Waals surface area contributed by atoms with Crippen LogP contribution in [-0.4, -0.2) is 14.1 Å². The Bertz CT molecular complexity index is 463. The Morgan fingerprint density at radius 1 is 1.08 bits per heavy atom. The van der Waals surface area contributed by atoms with E-state index < -0.39 is 0 Å². The standard InChI is InChI=1S/C11H7BO/c12-11-6-9-4-2-1-3-8(9)5-10(11)7-13/h1-7H. The van der Waals surface area contributed by atoms with Gasteiger partial charge in [0.15, 0.2) is 0 Å². The van der Waals surface area contributed by atoms with Crippen molar-refractivity contribution >= 4 is 30.4 Å². The summed E-state index contributed by atoms with van der Waals surface area (Å²) in [6, 6.07) is 11.4. The zero-order chi connectivity index (χ0) is 9.26. The largest absolute Gasteiger partial charge is 0.298 e. The lowest BCUT2D eigenvalue weighted by Gasteiger charge is -2.02. The number of carbonyl (C=O) groups is 1. The van der Waals surface area contributed by atoms with Crippen LogP contribution in [0.5, 0.6) is 0 Å². The fraction of sp³-hybridized carbons (Fsp3) is 0. The van der Waals surface area contributed by atoms with E-state index in [1.807, 2.05) is 30.3 Å². The second-order valence-corrected chi connectivity index (χ2v) is 2.95. The van der Waals surface area contributed by atoms with Crippen molar-refractivity contribution in [3.05, 3.63) is 42.0 Å². The highest BCUT2D eigenvalue weighted by Gasteiger charge is 1.98. The van der Waals surface area contributed by atoms with Gasteiger partial charge in [-0.3, -0.25) is 4.79 Å². The molecular weight excluding hydrogens is 159 g/mol. The van der Waals surface area contributed by atoms with Gasteiger partial charge < -0.3 is 0 Å². The molecule has 0 fully saturated rings. The number of rotatable bonds is 1. The Kier molecular flexibility index (Phi) is 1.89. The number of fused-ring (bicyclic) bond motifs is 1. The van der Waals surface area contributed by atoms with E-state index in [9.17, 15) is 4.79 Å². The molecule has 0 N–H and O–H groups in total. The van der Waals surface area contributed by atoms with Crippen LogP contribution in [0.3, 0.4) is 0 Å². The van der Waals surface area contributed by atoms with Crippen molar-refractivity contribution in [3.8, 4) is 0 Å². The molecule has 1 nitrogen and oxygen atoms in total. The molecule has 0 aliphatic heterocycles. The molecule has 0 saturated carbocycles. The van der Waals surface area contributed by atoms with Crippen LogP contribution in [0.15, 0.2) is 36.4 Å². The maximum Gasteiger partial charge on any atom is 0.149 e. The molecule has 0 aliphatic rings. The smallest absolute Gasteiger partial charge is 0.149 e. The third kappa shape index (κ3) is 1.35. The van der Waals surface area contributed by atoms with E-state index in [0.717, 1.165) is 17.1 Å². The predicted molar refractivity (Wildman–Crippen MR) is 54.7 cm³/mol. The van der Waals surface area contributed by atoms with Gasteiger partial charge in [-0.15, -0.1) is 0 Å². The van der Waals surface area contributed by atoms with Crippen molar-refractivity contribution < 1.29 is 4.79 Å². The molecule has 0 aromatic heterocycles. The van der Waals surface area contributed by atoms with Gasteiger partial charge in [0.05, 0.1) is 0 Å². The summed E-state index contributed by atoms with van der Waals surface area (Å²) in [5.41, 5.74) is 1.09. The van der Waals surface area contributed by atoms with Gasteiger partial charge in [-0.2, -0.15) is 0 Å². The predicted octanol–water partition coefficient (Wildman–Crippen LogP) is 1.45. The molecule has 2 rings (SSSR count). The summed E-state index contributed by atoms with van der Waals surface area (Å²) >= 11 is 0.